The summed E-state index contributed by atoms with van der Waals surface area (Å²) >= 11 is 0. The van der Waals surface area contributed by atoms with Gasteiger partial charge in [-0.05, 0) is 20.8 Å². The number of nitrogens with one attached hydrogen (secondary N) is 1. The van der Waals surface area contributed by atoms with Crippen LogP contribution in [0.5, 0.6) is 0 Å². The molecule has 0 aromatic heterocycles. The van der Waals surface area contributed by atoms with Gasteiger partial charge in [0.25, 0.3) is 0 Å². The zero-order valence-corrected chi connectivity index (χ0v) is 7.46. The summed E-state index contributed by atoms with van der Waals surface area (Å²) in [6.45, 7) is 9.79. The van der Waals surface area contributed by atoms with Gasteiger partial charge in [-0.3, -0.25) is 4.84 Å². The fourth-order valence-electron chi connectivity index (χ4n) is 0.434. The van der Waals surface area contributed by atoms with Gasteiger partial charge in [0.05, 0.1) is 12.2 Å². The van der Waals surface area contributed by atoms with Crippen LogP contribution in [0.25, 0.3) is 0 Å². The van der Waals surface area contributed by atoms with Crippen LogP contribution in [-0.2, 0) is 9.57 Å². The predicted octanol–water partition coefficient (Wildman–Crippen LogP) is 1.46. The van der Waals surface area contributed by atoms with Gasteiger partial charge in [-0.2, -0.15) is 5.48 Å². The van der Waals surface area contributed by atoms with Gasteiger partial charge in [0.15, 0.2) is 0 Å². The zero-order chi connectivity index (χ0) is 8.69. The third kappa shape index (κ3) is 7.52. The molecule has 0 spiro atoms. The van der Waals surface area contributed by atoms with E-state index in [9.17, 15) is 0 Å². The molecule has 0 aliphatic rings. The number of hydrogen-bond donors (Lipinski definition) is 1. The molecule has 0 bridgehead atoms. The highest BCUT2D eigenvalue weighted by atomic mass is 16.7. The molecular formula is C8H17NO2. The first-order valence-electron chi connectivity index (χ1n) is 3.79. The van der Waals surface area contributed by atoms with E-state index >= 15 is 0 Å². The summed E-state index contributed by atoms with van der Waals surface area (Å²) in [5.41, 5.74) is 2.68. The lowest BCUT2D eigenvalue weighted by Crippen LogP contribution is -2.24. The fourth-order valence-corrected chi connectivity index (χ4v) is 0.434. The summed E-state index contributed by atoms with van der Waals surface area (Å²) < 4.78 is 5.19. The lowest BCUT2D eigenvalue weighted by Gasteiger charge is -2.11. The predicted molar refractivity (Wildman–Crippen MR) is 45.0 cm³/mol. The van der Waals surface area contributed by atoms with Crippen LogP contribution in [-0.4, -0.2) is 18.9 Å². The second kappa shape index (κ2) is 6.34. The Morgan fingerprint density at radius 1 is 1.45 bits per heavy atom. The largest absolute Gasteiger partial charge is 0.357 e. The average Bonchev–Trinajstić information content (AvgIpc) is 1.97. The molecule has 0 fully saturated rings. The van der Waals surface area contributed by atoms with Crippen LogP contribution in [0.2, 0.25) is 0 Å². The third-order valence-electron chi connectivity index (χ3n) is 1.06. The molecule has 0 saturated heterocycles. The summed E-state index contributed by atoms with van der Waals surface area (Å²) in [4.78, 5) is 5.03. The Morgan fingerprint density at radius 3 is 2.55 bits per heavy atom. The van der Waals surface area contributed by atoms with E-state index in [1.165, 1.54) is 0 Å². The first kappa shape index (κ1) is 10.6. The average molecular weight is 159 g/mol. The van der Waals surface area contributed by atoms with Gasteiger partial charge in [-0.25, -0.2) is 0 Å². The van der Waals surface area contributed by atoms with E-state index < -0.39 is 0 Å². The highest BCUT2D eigenvalue weighted by molar-refractivity contribution is 4.74. The van der Waals surface area contributed by atoms with Gasteiger partial charge in [-0.15, -0.1) is 6.58 Å². The van der Waals surface area contributed by atoms with Crippen LogP contribution in [0, 0.1) is 0 Å². The monoisotopic (exact) mass is 159 g/mol. The summed E-state index contributed by atoms with van der Waals surface area (Å²) in [5, 5.41) is 0. The van der Waals surface area contributed by atoms with Crippen molar-refractivity contribution < 1.29 is 9.57 Å². The van der Waals surface area contributed by atoms with Crippen molar-refractivity contribution in [2.45, 2.75) is 33.0 Å². The summed E-state index contributed by atoms with van der Waals surface area (Å²) in [7, 11) is 0. The maximum absolute atomic E-state index is 5.19. The number of rotatable bonds is 6. The molecule has 0 radical (unpaired) electrons. The minimum atomic E-state index is 0.0678. The van der Waals surface area contributed by atoms with Crippen molar-refractivity contribution in [1.29, 1.82) is 0 Å². The maximum Gasteiger partial charge on any atom is 0.120 e. The molecule has 66 valence electrons. The van der Waals surface area contributed by atoms with E-state index in [1.807, 2.05) is 20.8 Å². The van der Waals surface area contributed by atoms with Crippen LogP contribution in [0.15, 0.2) is 12.7 Å². The van der Waals surface area contributed by atoms with E-state index in [2.05, 4.69) is 12.1 Å². The quantitative estimate of drug-likeness (QED) is 0.275. The summed E-state index contributed by atoms with van der Waals surface area (Å²) in [5.74, 6) is 0. The van der Waals surface area contributed by atoms with Crippen molar-refractivity contribution in [3.05, 3.63) is 12.7 Å². The molecule has 3 heteroatoms. The number of hydrogen-bond acceptors (Lipinski definition) is 3. The van der Waals surface area contributed by atoms with Gasteiger partial charge in [-0.1, -0.05) is 6.08 Å². The van der Waals surface area contributed by atoms with Gasteiger partial charge in [0, 0.05) is 0 Å². The number of ether oxygens (including phenoxy) is 1. The molecule has 3 nitrogen and oxygen atoms in total. The van der Waals surface area contributed by atoms with Crippen LogP contribution >= 0.6 is 0 Å². The molecule has 0 aliphatic heterocycles. The van der Waals surface area contributed by atoms with Gasteiger partial charge in [0.1, 0.15) is 6.73 Å². The van der Waals surface area contributed by atoms with E-state index in [0.29, 0.717) is 6.73 Å². The Morgan fingerprint density at radius 2 is 2.09 bits per heavy atom. The van der Waals surface area contributed by atoms with Crippen LogP contribution in [0.3, 0.4) is 0 Å². The van der Waals surface area contributed by atoms with Crippen molar-refractivity contribution in [3.8, 4) is 0 Å². The highest BCUT2D eigenvalue weighted by Gasteiger charge is 1.95. The standard InChI is InChI=1S/C8H17NO2/c1-5-8(4)10-6-9-11-7(2)3/h5,7-9H,1,6H2,2-4H3. The van der Waals surface area contributed by atoms with E-state index in [0.717, 1.165) is 0 Å². The van der Waals surface area contributed by atoms with E-state index in [4.69, 9.17) is 9.57 Å². The van der Waals surface area contributed by atoms with Crippen molar-refractivity contribution in [2.75, 3.05) is 6.73 Å². The molecule has 11 heavy (non-hydrogen) atoms. The molecule has 0 aromatic rings. The Labute approximate surface area is 68.3 Å². The van der Waals surface area contributed by atoms with Gasteiger partial charge < -0.3 is 4.74 Å². The maximum atomic E-state index is 5.19. The normalized spacial score (nSPS) is 13.5. The molecule has 0 aromatic carbocycles. The van der Waals surface area contributed by atoms with E-state index in [1.54, 1.807) is 6.08 Å². The van der Waals surface area contributed by atoms with Gasteiger partial charge in [0.2, 0.25) is 0 Å². The van der Waals surface area contributed by atoms with Crippen molar-refractivity contribution >= 4 is 0 Å². The van der Waals surface area contributed by atoms with Crippen molar-refractivity contribution in [3.63, 3.8) is 0 Å². The van der Waals surface area contributed by atoms with E-state index in [-0.39, 0.29) is 12.2 Å². The molecule has 0 heterocycles. The minimum absolute atomic E-state index is 0.0678. The van der Waals surface area contributed by atoms with Crippen LogP contribution in [0.1, 0.15) is 20.8 Å². The second-order valence-corrected chi connectivity index (χ2v) is 2.56. The Bertz CT molecular complexity index is 104. The Hall–Kier alpha value is -0.380. The first-order valence-corrected chi connectivity index (χ1v) is 3.79. The molecule has 1 atom stereocenters. The Balaban J connectivity index is 3.07. The first-order chi connectivity index (χ1) is 5.16. The summed E-state index contributed by atoms with van der Waals surface area (Å²) in [6, 6.07) is 0. The molecule has 0 amide bonds. The summed E-state index contributed by atoms with van der Waals surface area (Å²) in [6.07, 6.45) is 1.98. The Kier molecular flexibility index (Phi) is 6.12. The van der Waals surface area contributed by atoms with Crippen molar-refractivity contribution in [2.24, 2.45) is 0 Å². The smallest absolute Gasteiger partial charge is 0.120 e. The van der Waals surface area contributed by atoms with Crippen molar-refractivity contribution in [1.82, 2.24) is 5.48 Å². The topological polar surface area (TPSA) is 30.5 Å². The molecule has 1 unspecified atom stereocenters. The van der Waals surface area contributed by atoms with Crippen LogP contribution in [0.4, 0.5) is 0 Å². The number of hydroxylamine groups is 1. The zero-order valence-electron chi connectivity index (χ0n) is 7.46. The molecule has 1 N–H and O–H groups in total. The van der Waals surface area contributed by atoms with Crippen LogP contribution < -0.4 is 5.48 Å². The molecule has 0 aliphatic carbocycles. The molecule has 0 rings (SSSR count). The highest BCUT2D eigenvalue weighted by Crippen LogP contribution is 1.89. The molecule has 0 saturated carbocycles. The lowest BCUT2D eigenvalue weighted by atomic mass is 10.4. The van der Waals surface area contributed by atoms with Gasteiger partial charge >= 0.3 is 0 Å². The third-order valence-corrected chi connectivity index (χ3v) is 1.06. The lowest BCUT2D eigenvalue weighted by molar-refractivity contribution is -0.0701. The minimum Gasteiger partial charge on any atom is -0.357 e. The SMILES string of the molecule is C=CC(C)OCNOC(C)C. The second-order valence-electron chi connectivity index (χ2n) is 2.56. The fraction of sp³-hybridized carbons (Fsp3) is 0.750. The molecular weight excluding hydrogens is 142 g/mol.